The number of carbonyl (C=O) groups is 1. The first kappa shape index (κ1) is 19.3. The van der Waals surface area contributed by atoms with E-state index in [1.165, 1.54) is 6.20 Å². The van der Waals surface area contributed by atoms with E-state index in [4.69, 9.17) is 4.74 Å². The highest BCUT2D eigenvalue weighted by molar-refractivity contribution is 5.92. The summed E-state index contributed by atoms with van der Waals surface area (Å²) < 4.78 is 5.98. The van der Waals surface area contributed by atoms with Gasteiger partial charge in [0.25, 0.3) is 5.91 Å². The number of carbonyl (C=O) groups excluding carboxylic acids is 1. The second-order valence-corrected chi connectivity index (χ2v) is 6.71. The van der Waals surface area contributed by atoms with Crippen LogP contribution >= 0.6 is 0 Å². The summed E-state index contributed by atoms with van der Waals surface area (Å²) in [4.78, 5) is 27.3. The molecule has 1 aliphatic rings. The molecule has 0 radical (unpaired) electrons. The van der Waals surface area contributed by atoms with E-state index in [0.29, 0.717) is 24.7 Å². The average molecular weight is 347 g/mol. The molecule has 0 spiro atoms. The highest BCUT2D eigenvalue weighted by Crippen LogP contribution is 2.13. The number of rotatable bonds is 8. The molecule has 2 heterocycles. The summed E-state index contributed by atoms with van der Waals surface area (Å²) in [6, 6.07) is 0. The van der Waals surface area contributed by atoms with Crippen LogP contribution in [0, 0.1) is 0 Å². The quantitative estimate of drug-likeness (QED) is 0.657. The molecular formula is C18H29N5O2. The lowest BCUT2D eigenvalue weighted by molar-refractivity contribution is 0.0654. The second-order valence-electron chi connectivity index (χ2n) is 6.71. The van der Waals surface area contributed by atoms with Gasteiger partial charge in [-0.05, 0) is 34.0 Å². The molecule has 0 saturated carbocycles. The Morgan fingerprint density at radius 3 is 2.72 bits per heavy atom. The van der Waals surface area contributed by atoms with Gasteiger partial charge in [-0.2, -0.15) is 0 Å². The minimum absolute atomic E-state index is 0.0173. The van der Waals surface area contributed by atoms with Crippen LogP contribution in [-0.4, -0.2) is 90.5 Å². The molecule has 0 aliphatic carbocycles. The van der Waals surface area contributed by atoms with Gasteiger partial charge < -0.3 is 19.4 Å². The van der Waals surface area contributed by atoms with Crippen molar-refractivity contribution in [1.29, 1.82) is 0 Å². The molecule has 0 bridgehead atoms. The number of aromatic nitrogens is 2. The van der Waals surface area contributed by atoms with Crippen LogP contribution in [-0.2, 0) is 0 Å². The number of amides is 1. The fourth-order valence-electron chi connectivity index (χ4n) is 2.75. The van der Waals surface area contributed by atoms with Gasteiger partial charge in [-0.25, -0.2) is 4.98 Å². The molecule has 1 amide bonds. The lowest BCUT2D eigenvalue weighted by Gasteiger charge is -2.32. The van der Waals surface area contributed by atoms with E-state index >= 15 is 0 Å². The summed E-state index contributed by atoms with van der Waals surface area (Å²) in [5, 5.41) is 0. The molecule has 0 aromatic carbocycles. The molecule has 138 valence electrons. The Bertz CT molecular complexity index is 570. The molecule has 7 nitrogen and oxygen atoms in total. The third-order valence-electron chi connectivity index (χ3n) is 4.17. The zero-order valence-corrected chi connectivity index (χ0v) is 15.5. The minimum atomic E-state index is -0.0821. The molecule has 1 aromatic heterocycles. The average Bonchev–Trinajstić information content (AvgIpc) is 2.59. The van der Waals surface area contributed by atoms with Crippen molar-refractivity contribution in [2.24, 2.45) is 0 Å². The highest BCUT2D eigenvalue weighted by Gasteiger charge is 2.22. The normalized spacial score (nSPS) is 16.7. The first-order chi connectivity index (χ1) is 12.0. The summed E-state index contributed by atoms with van der Waals surface area (Å²) in [6.45, 7) is 7.71. The Balaban J connectivity index is 2.03. The topological polar surface area (TPSA) is 61.8 Å². The maximum atomic E-state index is 12.6. The van der Waals surface area contributed by atoms with Crippen molar-refractivity contribution in [1.82, 2.24) is 24.7 Å². The van der Waals surface area contributed by atoms with Crippen LogP contribution in [0.25, 0.3) is 0 Å². The molecule has 0 N–H and O–H groups in total. The predicted molar refractivity (Wildman–Crippen MR) is 97.8 cm³/mol. The van der Waals surface area contributed by atoms with E-state index in [1.54, 1.807) is 6.20 Å². The molecule has 1 unspecified atom stereocenters. The lowest BCUT2D eigenvalue weighted by Crippen LogP contribution is -2.47. The SMILES string of the molecule is C=CCCC(CN(C)C)Oc1cncc(C(=O)N2CCN(C)CC2)n1. The lowest BCUT2D eigenvalue weighted by atomic mass is 10.2. The van der Waals surface area contributed by atoms with Crippen LogP contribution in [0.4, 0.5) is 0 Å². The number of allylic oxidation sites excluding steroid dienone is 1. The number of nitrogens with zero attached hydrogens (tertiary/aromatic N) is 5. The van der Waals surface area contributed by atoms with Gasteiger partial charge in [-0.1, -0.05) is 6.08 Å². The predicted octanol–water partition coefficient (Wildman–Crippen LogP) is 1.14. The number of ether oxygens (including phenoxy) is 1. The Morgan fingerprint density at radius 2 is 2.08 bits per heavy atom. The minimum Gasteiger partial charge on any atom is -0.472 e. The monoisotopic (exact) mass is 347 g/mol. The Labute approximate surface area is 150 Å². The fourth-order valence-corrected chi connectivity index (χ4v) is 2.75. The van der Waals surface area contributed by atoms with Gasteiger partial charge in [0.15, 0.2) is 5.69 Å². The number of hydrogen-bond acceptors (Lipinski definition) is 6. The van der Waals surface area contributed by atoms with Gasteiger partial charge in [-0.3, -0.25) is 9.78 Å². The summed E-state index contributed by atoms with van der Waals surface area (Å²) >= 11 is 0. The van der Waals surface area contributed by atoms with Gasteiger partial charge >= 0.3 is 0 Å². The Morgan fingerprint density at radius 1 is 1.36 bits per heavy atom. The van der Waals surface area contributed by atoms with Crippen molar-refractivity contribution in [2.75, 3.05) is 53.9 Å². The number of piperazine rings is 1. The van der Waals surface area contributed by atoms with E-state index in [-0.39, 0.29) is 12.0 Å². The van der Waals surface area contributed by atoms with Gasteiger partial charge in [0.1, 0.15) is 6.10 Å². The standard InChI is InChI=1S/C18H29N5O2/c1-5-6-7-15(14-21(2)3)25-17-13-19-12-16(20-17)18(24)23-10-8-22(4)9-11-23/h5,12-13,15H,1,6-11,14H2,2-4H3. The molecule has 1 fully saturated rings. The fraction of sp³-hybridized carbons (Fsp3) is 0.611. The van der Waals surface area contributed by atoms with Gasteiger partial charge in [0, 0.05) is 32.7 Å². The van der Waals surface area contributed by atoms with Gasteiger partial charge in [0.2, 0.25) is 5.88 Å². The van der Waals surface area contributed by atoms with E-state index in [1.807, 2.05) is 25.1 Å². The molecule has 1 aliphatic heterocycles. The second kappa shape index (κ2) is 9.48. The van der Waals surface area contributed by atoms with E-state index in [9.17, 15) is 4.79 Å². The van der Waals surface area contributed by atoms with Crippen molar-refractivity contribution in [3.63, 3.8) is 0 Å². The highest BCUT2D eigenvalue weighted by atomic mass is 16.5. The summed E-state index contributed by atoms with van der Waals surface area (Å²) in [5.41, 5.74) is 0.342. The van der Waals surface area contributed by atoms with Crippen LogP contribution in [0.2, 0.25) is 0 Å². The van der Waals surface area contributed by atoms with Crippen LogP contribution in [0.15, 0.2) is 25.0 Å². The van der Waals surface area contributed by atoms with Crippen molar-refractivity contribution >= 4 is 5.91 Å². The van der Waals surface area contributed by atoms with Crippen molar-refractivity contribution in [3.05, 3.63) is 30.7 Å². The van der Waals surface area contributed by atoms with Gasteiger partial charge in [-0.15, -0.1) is 6.58 Å². The van der Waals surface area contributed by atoms with E-state index in [0.717, 1.165) is 32.5 Å². The molecule has 2 rings (SSSR count). The molecule has 25 heavy (non-hydrogen) atoms. The largest absolute Gasteiger partial charge is 0.472 e. The Hall–Kier alpha value is -1.99. The van der Waals surface area contributed by atoms with Crippen LogP contribution < -0.4 is 4.74 Å². The van der Waals surface area contributed by atoms with Gasteiger partial charge in [0.05, 0.1) is 12.4 Å². The maximum absolute atomic E-state index is 12.6. The third kappa shape index (κ3) is 6.10. The first-order valence-corrected chi connectivity index (χ1v) is 8.71. The molecule has 1 atom stereocenters. The molecule has 1 saturated heterocycles. The molecule has 1 aromatic rings. The van der Waals surface area contributed by atoms with Crippen LogP contribution in [0.1, 0.15) is 23.3 Å². The van der Waals surface area contributed by atoms with Crippen molar-refractivity contribution < 1.29 is 9.53 Å². The zero-order valence-electron chi connectivity index (χ0n) is 15.5. The van der Waals surface area contributed by atoms with E-state index < -0.39 is 0 Å². The van der Waals surface area contributed by atoms with Crippen molar-refractivity contribution in [2.45, 2.75) is 18.9 Å². The first-order valence-electron chi connectivity index (χ1n) is 8.71. The third-order valence-corrected chi connectivity index (χ3v) is 4.17. The summed E-state index contributed by atoms with van der Waals surface area (Å²) in [5.74, 6) is 0.317. The Kier molecular flexibility index (Phi) is 7.33. The number of likely N-dealkylation sites (N-methyl/N-ethyl adjacent to an activating group) is 2. The summed E-state index contributed by atoms with van der Waals surface area (Å²) in [7, 11) is 6.07. The molecule has 7 heteroatoms. The number of hydrogen-bond donors (Lipinski definition) is 0. The zero-order chi connectivity index (χ0) is 18.2. The van der Waals surface area contributed by atoms with Crippen LogP contribution in [0.3, 0.4) is 0 Å². The van der Waals surface area contributed by atoms with Crippen molar-refractivity contribution in [3.8, 4) is 5.88 Å². The molecular weight excluding hydrogens is 318 g/mol. The van der Waals surface area contributed by atoms with Crippen LogP contribution in [0.5, 0.6) is 5.88 Å². The summed E-state index contributed by atoms with van der Waals surface area (Å²) in [6.07, 6.45) is 6.66. The smallest absolute Gasteiger partial charge is 0.274 e. The maximum Gasteiger partial charge on any atom is 0.274 e. The van der Waals surface area contributed by atoms with E-state index in [2.05, 4.69) is 33.4 Å².